The summed E-state index contributed by atoms with van der Waals surface area (Å²) in [6, 6.07) is 3.88. The molecule has 0 saturated carbocycles. The molecule has 0 atom stereocenters. The van der Waals surface area contributed by atoms with Gasteiger partial charge in [0, 0.05) is 18.7 Å². The van der Waals surface area contributed by atoms with E-state index in [-0.39, 0.29) is 0 Å². The lowest BCUT2D eigenvalue weighted by Crippen LogP contribution is -2.34. The molecule has 1 saturated heterocycles. The van der Waals surface area contributed by atoms with Crippen molar-refractivity contribution in [2.45, 2.75) is 26.2 Å². The molecular weight excluding hydrogens is 252 g/mol. The van der Waals surface area contributed by atoms with Gasteiger partial charge in [-0.1, -0.05) is 6.92 Å². The average Bonchev–Trinajstić information content (AvgIpc) is 2.90. The number of methoxy groups -OCH3 is 1. The Bertz CT molecular complexity index is 572. The monoisotopic (exact) mass is 274 g/mol. The van der Waals surface area contributed by atoms with Gasteiger partial charge in [-0.3, -0.25) is 4.40 Å². The van der Waals surface area contributed by atoms with Crippen LogP contribution >= 0.6 is 0 Å². The minimum absolute atomic E-state index is 0.729. The van der Waals surface area contributed by atoms with E-state index in [0.717, 1.165) is 29.6 Å². The first kappa shape index (κ1) is 13.4. The molecule has 2 aromatic rings. The molecule has 3 rings (SSSR count). The van der Waals surface area contributed by atoms with Crippen molar-refractivity contribution in [2.75, 3.05) is 26.7 Å². The Morgan fingerprint density at radius 1 is 1.30 bits per heavy atom. The van der Waals surface area contributed by atoms with Gasteiger partial charge in [0.1, 0.15) is 11.6 Å². The summed E-state index contributed by atoms with van der Waals surface area (Å²) in [5.41, 5.74) is 0.866. The van der Waals surface area contributed by atoms with Crippen molar-refractivity contribution in [1.82, 2.24) is 19.5 Å². The van der Waals surface area contributed by atoms with Gasteiger partial charge in [0.2, 0.25) is 0 Å². The third-order valence-electron chi connectivity index (χ3n) is 4.31. The van der Waals surface area contributed by atoms with Crippen LogP contribution in [0.15, 0.2) is 18.3 Å². The summed E-state index contributed by atoms with van der Waals surface area (Å²) < 4.78 is 7.30. The zero-order chi connectivity index (χ0) is 13.9. The number of hydrogen-bond acceptors (Lipinski definition) is 4. The summed E-state index contributed by atoms with van der Waals surface area (Å²) in [5, 5.41) is 8.59. The molecule has 5 nitrogen and oxygen atoms in total. The number of ether oxygens (including phenoxy) is 1. The van der Waals surface area contributed by atoms with Gasteiger partial charge in [0.25, 0.3) is 0 Å². The highest BCUT2D eigenvalue weighted by atomic mass is 16.5. The highest BCUT2D eigenvalue weighted by Gasteiger charge is 2.20. The lowest BCUT2D eigenvalue weighted by molar-refractivity contribution is 0.190. The van der Waals surface area contributed by atoms with Crippen LogP contribution < -0.4 is 4.74 Å². The number of aromatic nitrogens is 3. The molecule has 0 radical (unpaired) electrons. The highest BCUT2D eigenvalue weighted by molar-refractivity contribution is 5.44. The Hall–Kier alpha value is -1.62. The van der Waals surface area contributed by atoms with Crippen LogP contribution in [0.3, 0.4) is 0 Å². The molecule has 3 heterocycles. The van der Waals surface area contributed by atoms with Crippen molar-refractivity contribution in [3.05, 3.63) is 24.2 Å². The molecule has 1 aliphatic rings. The summed E-state index contributed by atoms with van der Waals surface area (Å²) >= 11 is 0. The molecule has 1 aliphatic heterocycles. The lowest BCUT2D eigenvalue weighted by atomic mass is 9.93. The quantitative estimate of drug-likeness (QED) is 0.855. The van der Waals surface area contributed by atoms with Crippen LogP contribution in [-0.4, -0.2) is 46.2 Å². The first-order chi connectivity index (χ1) is 9.80. The predicted molar refractivity (Wildman–Crippen MR) is 78.1 cm³/mol. The molecule has 0 N–H and O–H groups in total. The largest absolute Gasteiger partial charge is 0.497 e. The van der Waals surface area contributed by atoms with Gasteiger partial charge in [-0.2, -0.15) is 0 Å². The molecule has 5 heteroatoms. The fourth-order valence-corrected chi connectivity index (χ4v) is 2.95. The van der Waals surface area contributed by atoms with Gasteiger partial charge in [0.15, 0.2) is 5.65 Å². The Balaban J connectivity index is 1.72. The third-order valence-corrected chi connectivity index (χ3v) is 4.31. The standard InChI is InChI=1S/C15H22N4O/c1-3-18-7-4-12(5-8-18)10-14-16-17-15-11-13(20-2)6-9-19(14)15/h6,9,11-12H,3-5,7-8,10H2,1-2H3. The summed E-state index contributed by atoms with van der Waals surface area (Å²) in [5.74, 6) is 2.62. The summed E-state index contributed by atoms with van der Waals surface area (Å²) in [7, 11) is 1.67. The van der Waals surface area contributed by atoms with Crippen LogP contribution in [0, 0.1) is 5.92 Å². The molecule has 0 aliphatic carbocycles. The molecular formula is C15H22N4O. The number of rotatable bonds is 4. The number of likely N-dealkylation sites (tertiary alicyclic amines) is 1. The fraction of sp³-hybridized carbons (Fsp3) is 0.600. The van der Waals surface area contributed by atoms with Crippen molar-refractivity contribution < 1.29 is 4.74 Å². The molecule has 0 amide bonds. The lowest BCUT2D eigenvalue weighted by Gasteiger charge is -2.30. The predicted octanol–water partition coefficient (Wildman–Crippen LogP) is 2.01. The molecule has 2 aromatic heterocycles. The summed E-state index contributed by atoms with van der Waals surface area (Å²) in [6.07, 6.45) is 5.55. The molecule has 0 spiro atoms. The Morgan fingerprint density at radius 3 is 2.80 bits per heavy atom. The number of pyridine rings is 1. The number of hydrogen-bond donors (Lipinski definition) is 0. The van der Waals surface area contributed by atoms with E-state index in [1.807, 2.05) is 18.3 Å². The Labute approximate surface area is 119 Å². The van der Waals surface area contributed by atoms with Gasteiger partial charge >= 0.3 is 0 Å². The van der Waals surface area contributed by atoms with Crippen LogP contribution in [0.5, 0.6) is 5.75 Å². The van der Waals surface area contributed by atoms with Gasteiger partial charge < -0.3 is 9.64 Å². The van der Waals surface area contributed by atoms with E-state index in [0.29, 0.717) is 0 Å². The van der Waals surface area contributed by atoms with Crippen LogP contribution in [0.4, 0.5) is 0 Å². The van der Waals surface area contributed by atoms with Gasteiger partial charge in [-0.05, 0) is 44.5 Å². The SMILES string of the molecule is CCN1CCC(Cc2nnc3cc(OC)ccn23)CC1. The second-order valence-corrected chi connectivity index (χ2v) is 5.49. The van der Waals surface area contributed by atoms with Crippen molar-refractivity contribution in [1.29, 1.82) is 0 Å². The number of fused-ring (bicyclic) bond motifs is 1. The molecule has 108 valence electrons. The maximum Gasteiger partial charge on any atom is 0.164 e. The molecule has 1 fully saturated rings. The summed E-state index contributed by atoms with van der Waals surface area (Å²) in [4.78, 5) is 2.52. The normalized spacial score (nSPS) is 17.7. The van der Waals surface area contributed by atoms with Crippen molar-refractivity contribution in [3.8, 4) is 5.75 Å². The van der Waals surface area contributed by atoms with E-state index in [2.05, 4.69) is 26.4 Å². The van der Waals surface area contributed by atoms with Crippen LogP contribution in [-0.2, 0) is 6.42 Å². The highest BCUT2D eigenvalue weighted by Crippen LogP contribution is 2.22. The van der Waals surface area contributed by atoms with E-state index in [9.17, 15) is 0 Å². The number of nitrogens with zero attached hydrogens (tertiary/aromatic N) is 4. The van der Waals surface area contributed by atoms with Gasteiger partial charge in [-0.15, -0.1) is 10.2 Å². The van der Waals surface area contributed by atoms with E-state index >= 15 is 0 Å². The van der Waals surface area contributed by atoms with Crippen LogP contribution in [0.1, 0.15) is 25.6 Å². The van der Waals surface area contributed by atoms with Gasteiger partial charge in [-0.25, -0.2) is 0 Å². The fourth-order valence-electron chi connectivity index (χ4n) is 2.95. The minimum atomic E-state index is 0.729. The van der Waals surface area contributed by atoms with Crippen LogP contribution in [0.25, 0.3) is 5.65 Å². The number of piperidine rings is 1. The first-order valence-electron chi connectivity index (χ1n) is 7.40. The first-order valence-corrected chi connectivity index (χ1v) is 7.40. The smallest absolute Gasteiger partial charge is 0.164 e. The second kappa shape index (κ2) is 5.79. The van der Waals surface area contributed by atoms with E-state index < -0.39 is 0 Å². The van der Waals surface area contributed by atoms with Crippen molar-refractivity contribution >= 4 is 5.65 Å². The average molecular weight is 274 g/mol. The van der Waals surface area contributed by atoms with Crippen molar-refractivity contribution in [3.63, 3.8) is 0 Å². The van der Waals surface area contributed by atoms with E-state index in [1.54, 1.807) is 7.11 Å². The van der Waals surface area contributed by atoms with Crippen LogP contribution in [0.2, 0.25) is 0 Å². The maximum atomic E-state index is 5.22. The molecule has 20 heavy (non-hydrogen) atoms. The van der Waals surface area contributed by atoms with Gasteiger partial charge in [0.05, 0.1) is 7.11 Å². The topological polar surface area (TPSA) is 42.7 Å². The zero-order valence-electron chi connectivity index (χ0n) is 12.2. The summed E-state index contributed by atoms with van der Waals surface area (Å²) in [6.45, 7) is 5.83. The maximum absolute atomic E-state index is 5.22. The van der Waals surface area contributed by atoms with E-state index in [1.165, 1.54) is 32.5 Å². The molecule has 0 unspecified atom stereocenters. The minimum Gasteiger partial charge on any atom is -0.497 e. The Morgan fingerprint density at radius 2 is 2.10 bits per heavy atom. The Kier molecular flexibility index (Phi) is 3.87. The molecule has 0 bridgehead atoms. The third kappa shape index (κ3) is 2.63. The van der Waals surface area contributed by atoms with E-state index in [4.69, 9.17) is 4.74 Å². The van der Waals surface area contributed by atoms with Crippen molar-refractivity contribution in [2.24, 2.45) is 5.92 Å². The molecule has 0 aromatic carbocycles. The zero-order valence-corrected chi connectivity index (χ0v) is 12.2. The second-order valence-electron chi connectivity index (χ2n) is 5.49.